The van der Waals surface area contributed by atoms with Gasteiger partial charge in [-0.25, -0.2) is 0 Å². The molecule has 2 aromatic rings. The molecule has 1 aliphatic rings. The lowest BCUT2D eigenvalue weighted by Crippen LogP contribution is -2.54. The summed E-state index contributed by atoms with van der Waals surface area (Å²) in [6.07, 6.45) is 2.51. The second kappa shape index (κ2) is 6.95. The average Bonchev–Trinajstić information content (AvgIpc) is 2.59. The van der Waals surface area contributed by atoms with Gasteiger partial charge in [0.2, 0.25) is 0 Å². The molecule has 0 aromatic heterocycles. The maximum absolute atomic E-state index is 12.6. The van der Waals surface area contributed by atoms with E-state index >= 15 is 0 Å². The minimum atomic E-state index is -0.556. The first kappa shape index (κ1) is 16.4. The SMILES string of the molecule is COc1ccc(OC(C)C(=O)NC2(c3ccccc3)CCC2)cc1. The van der Waals surface area contributed by atoms with E-state index in [1.807, 2.05) is 30.3 Å². The van der Waals surface area contributed by atoms with Crippen molar-refractivity contribution in [2.24, 2.45) is 0 Å². The fourth-order valence-corrected chi connectivity index (χ4v) is 3.02. The van der Waals surface area contributed by atoms with E-state index in [0.29, 0.717) is 5.75 Å². The Kier molecular flexibility index (Phi) is 4.74. The van der Waals surface area contributed by atoms with Crippen LogP contribution in [0.15, 0.2) is 54.6 Å². The quantitative estimate of drug-likeness (QED) is 0.882. The van der Waals surface area contributed by atoms with Gasteiger partial charge in [-0.15, -0.1) is 0 Å². The Morgan fingerprint density at radius 3 is 2.21 bits per heavy atom. The summed E-state index contributed by atoms with van der Waals surface area (Å²) in [5, 5.41) is 3.20. The molecule has 4 heteroatoms. The van der Waals surface area contributed by atoms with E-state index in [9.17, 15) is 4.79 Å². The number of methoxy groups -OCH3 is 1. The molecule has 0 heterocycles. The van der Waals surface area contributed by atoms with E-state index < -0.39 is 6.10 Å². The summed E-state index contributed by atoms with van der Waals surface area (Å²) < 4.78 is 10.9. The van der Waals surface area contributed by atoms with Crippen LogP contribution < -0.4 is 14.8 Å². The molecule has 0 radical (unpaired) electrons. The highest BCUT2D eigenvalue weighted by atomic mass is 16.5. The Labute approximate surface area is 142 Å². The molecule has 1 amide bonds. The van der Waals surface area contributed by atoms with E-state index in [4.69, 9.17) is 9.47 Å². The van der Waals surface area contributed by atoms with Crippen molar-refractivity contribution >= 4 is 5.91 Å². The van der Waals surface area contributed by atoms with Gasteiger partial charge in [-0.05, 0) is 56.0 Å². The summed E-state index contributed by atoms with van der Waals surface area (Å²) in [4.78, 5) is 12.6. The molecule has 3 rings (SSSR count). The molecule has 1 aliphatic carbocycles. The Morgan fingerprint density at radius 2 is 1.67 bits per heavy atom. The van der Waals surface area contributed by atoms with Gasteiger partial charge < -0.3 is 14.8 Å². The van der Waals surface area contributed by atoms with Gasteiger partial charge in [0, 0.05) is 0 Å². The molecule has 1 N–H and O–H groups in total. The van der Waals surface area contributed by atoms with Crippen molar-refractivity contribution in [3.8, 4) is 11.5 Å². The first-order valence-corrected chi connectivity index (χ1v) is 8.31. The first-order chi connectivity index (χ1) is 11.6. The summed E-state index contributed by atoms with van der Waals surface area (Å²) in [6.45, 7) is 1.77. The number of ether oxygens (including phenoxy) is 2. The van der Waals surface area contributed by atoms with E-state index in [0.717, 1.165) is 25.0 Å². The highest BCUT2D eigenvalue weighted by Crippen LogP contribution is 2.41. The van der Waals surface area contributed by atoms with Gasteiger partial charge in [-0.1, -0.05) is 30.3 Å². The lowest BCUT2D eigenvalue weighted by atomic mass is 9.71. The molecule has 4 nitrogen and oxygen atoms in total. The highest BCUT2D eigenvalue weighted by Gasteiger charge is 2.40. The number of rotatable bonds is 6. The molecule has 1 unspecified atom stereocenters. The van der Waals surface area contributed by atoms with E-state index in [1.54, 1.807) is 26.2 Å². The fraction of sp³-hybridized carbons (Fsp3) is 0.350. The molecule has 0 aliphatic heterocycles. The third-order valence-electron chi connectivity index (χ3n) is 4.64. The van der Waals surface area contributed by atoms with Crippen LogP contribution >= 0.6 is 0 Å². The van der Waals surface area contributed by atoms with Crippen LogP contribution in [-0.4, -0.2) is 19.1 Å². The lowest BCUT2D eigenvalue weighted by Gasteiger charge is -2.43. The Hall–Kier alpha value is -2.49. The van der Waals surface area contributed by atoms with Crippen LogP contribution in [0.1, 0.15) is 31.7 Å². The molecule has 0 saturated heterocycles. The van der Waals surface area contributed by atoms with Crippen LogP contribution in [0.3, 0.4) is 0 Å². The number of benzene rings is 2. The summed E-state index contributed by atoms with van der Waals surface area (Å²) in [7, 11) is 1.62. The highest BCUT2D eigenvalue weighted by molar-refractivity contribution is 5.81. The zero-order chi connectivity index (χ0) is 17.0. The number of hydrogen-bond donors (Lipinski definition) is 1. The molecule has 1 fully saturated rings. The topological polar surface area (TPSA) is 47.6 Å². The van der Waals surface area contributed by atoms with Gasteiger partial charge in [0.25, 0.3) is 5.91 Å². The Bertz CT molecular complexity index is 678. The average molecular weight is 325 g/mol. The molecule has 24 heavy (non-hydrogen) atoms. The number of carbonyl (C=O) groups excluding carboxylic acids is 1. The van der Waals surface area contributed by atoms with E-state index in [2.05, 4.69) is 17.4 Å². The monoisotopic (exact) mass is 325 g/mol. The maximum Gasteiger partial charge on any atom is 0.261 e. The third-order valence-corrected chi connectivity index (χ3v) is 4.64. The van der Waals surface area contributed by atoms with Crippen molar-refractivity contribution in [2.45, 2.75) is 37.8 Å². The van der Waals surface area contributed by atoms with Crippen molar-refractivity contribution in [2.75, 3.05) is 7.11 Å². The minimum absolute atomic E-state index is 0.0885. The van der Waals surface area contributed by atoms with Gasteiger partial charge in [-0.2, -0.15) is 0 Å². The molecule has 0 spiro atoms. The van der Waals surface area contributed by atoms with Crippen LogP contribution in [-0.2, 0) is 10.3 Å². The molecule has 0 bridgehead atoms. The van der Waals surface area contributed by atoms with Crippen LogP contribution in [0, 0.1) is 0 Å². The maximum atomic E-state index is 12.6. The van der Waals surface area contributed by atoms with Gasteiger partial charge >= 0.3 is 0 Å². The fourth-order valence-electron chi connectivity index (χ4n) is 3.02. The smallest absolute Gasteiger partial charge is 0.261 e. The van der Waals surface area contributed by atoms with Gasteiger partial charge in [0.15, 0.2) is 6.10 Å². The van der Waals surface area contributed by atoms with Gasteiger partial charge in [-0.3, -0.25) is 4.79 Å². The van der Waals surface area contributed by atoms with Crippen molar-refractivity contribution in [1.82, 2.24) is 5.32 Å². The molecular weight excluding hydrogens is 302 g/mol. The molecule has 2 aromatic carbocycles. The van der Waals surface area contributed by atoms with Crippen LogP contribution in [0.25, 0.3) is 0 Å². The number of hydrogen-bond acceptors (Lipinski definition) is 3. The number of nitrogens with one attached hydrogen (secondary N) is 1. The van der Waals surface area contributed by atoms with Gasteiger partial charge in [0.1, 0.15) is 11.5 Å². The lowest BCUT2D eigenvalue weighted by molar-refractivity contribution is -0.130. The summed E-state index contributed by atoms with van der Waals surface area (Å²) in [6, 6.07) is 17.4. The Morgan fingerprint density at radius 1 is 1.04 bits per heavy atom. The normalized spacial score (nSPS) is 16.6. The number of amides is 1. The van der Waals surface area contributed by atoms with Gasteiger partial charge in [0.05, 0.1) is 12.6 Å². The predicted molar refractivity (Wildman–Crippen MR) is 93.2 cm³/mol. The first-order valence-electron chi connectivity index (χ1n) is 8.31. The molecule has 126 valence electrons. The summed E-state index contributed by atoms with van der Waals surface area (Å²) >= 11 is 0. The third kappa shape index (κ3) is 3.37. The van der Waals surface area contributed by atoms with E-state index in [-0.39, 0.29) is 11.4 Å². The molecule has 1 saturated carbocycles. The standard InChI is InChI=1S/C20H23NO3/c1-15(24-18-11-9-17(23-2)10-12-18)19(22)21-20(13-6-14-20)16-7-4-3-5-8-16/h3-5,7-12,15H,6,13-14H2,1-2H3,(H,21,22). The second-order valence-electron chi connectivity index (χ2n) is 6.23. The second-order valence-corrected chi connectivity index (χ2v) is 6.23. The summed E-state index contributed by atoms with van der Waals surface area (Å²) in [5.74, 6) is 1.33. The van der Waals surface area contributed by atoms with E-state index in [1.165, 1.54) is 5.56 Å². The summed E-state index contributed by atoms with van der Waals surface area (Å²) in [5.41, 5.74) is 0.928. The minimum Gasteiger partial charge on any atom is -0.497 e. The van der Waals surface area contributed by atoms with Crippen molar-refractivity contribution in [3.05, 3.63) is 60.2 Å². The zero-order valence-electron chi connectivity index (χ0n) is 14.1. The largest absolute Gasteiger partial charge is 0.497 e. The van der Waals surface area contributed by atoms with Crippen molar-refractivity contribution in [1.29, 1.82) is 0 Å². The van der Waals surface area contributed by atoms with Crippen LogP contribution in [0.5, 0.6) is 11.5 Å². The molecule has 1 atom stereocenters. The predicted octanol–water partition coefficient (Wildman–Crippen LogP) is 3.66. The van der Waals surface area contributed by atoms with Crippen molar-refractivity contribution in [3.63, 3.8) is 0 Å². The zero-order valence-corrected chi connectivity index (χ0v) is 14.1. The molecular formula is C20H23NO3. The van der Waals surface area contributed by atoms with Crippen LogP contribution in [0.2, 0.25) is 0 Å². The van der Waals surface area contributed by atoms with Crippen molar-refractivity contribution < 1.29 is 14.3 Å². The Balaban J connectivity index is 1.65. The number of carbonyl (C=O) groups is 1. The van der Waals surface area contributed by atoms with Crippen LogP contribution in [0.4, 0.5) is 0 Å².